The van der Waals surface area contributed by atoms with Crippen LogP contribution in [0.3, 0.4) is 0 Å². The Bertz CT molecular complexity index is 335. The van der Waals surface area contributed by atoms with Crippen molar-refractivity contribution in [2.45, 2.75) is 12.8 Å². The first-order valence-corrected chi connectivity index (χ1v) is 7.72. The normalized spacial score (nSPS) is 13.9. The number of hydrogen-bond donors (Lipinski definition) is 3. The molecule has 0 saturated carbocycles. The fourth-order valence-corrected chi connectivity index (χ4v) is 1.68. The zero-order valence-corrected chi connectivity index (χ0v) is 13.0. The van der Waals surface area contributed by atoms with E-state index in [-0.39, 0.29) is 13.2 Å². The lowest BCUT2D eigenvalue weighted by Crippen LogP contribution is -2.30. The molecule has 1 aliphatic heterocycles. The summed E-state index contributed by atoms with van der Waals surface area (Å²) in [5.74, 6) is 1.46. The number of aliphatic hydroxyl groups is 2. The number of rotatable bonds is 8. The zero-order valence-electron chi connectivity index (χ0n) is 13.0. The Kier molecular flexibility index (Phi) is 11.3. The maximum atomic E-state index is 8.61. The van der Waals surface area contributed by atoms with Crippen LogP contribution < -0.4 is 14.8 Å². The van der Waals surface area contributed by atoms with Crippen LogP contribution >= 0.6 is 0 Å². The van der Waals surface area contributed by atoms with Gasteiger partial charge in [0.15, 0.2) is 0 Å². The smallest absolute Gasteiger partial charge is 0.122 e. The maximum absolute atomic E-state index is 8.61. The second-order valence-electron chi connectivity index (χ2n) is 4.69. The molecule has 0 spiro atoms. The highest BCUT2D eigenvalue weighted by molar-refractivity contribution is 5.32. The molecule has 3 N–H and O–H groups in total. The van der Waals surface area contributed by atoms with E-state index >= 15 is 0 Å². The molecular formula is C16H27NO5. The van der Waals surface area contributed by atoms with Crippen molar-refractivity contribution in [3.63, 3.8) is 0 Å². The van der Waals surface area contributed by atoms with E-state index in [4.69, 9.17) is 24.4 Å². The van der Waals surface area contributed by atoms with Gasteiger partial charge in [-0.1, -0.05) is 6.07 Å². The van der Waals surface area contributed by atoms with Gasteiger partial charge in [-0.3, -0.25) is 0 Å². The predicted molar refractivity (Wildman–Crippen MR) is 84.5 cm³/mol. The first-order chi connectivity index (χ1) is 10.9. The van der Waals surface area contributed by atoms with Crippen molar-refractivity contribution in [3.05, 3.63) is 24.3 Å². The number of morpholine rings is 1. The summed E-state index contributed by atoms with van der Waals surface area (Å²) in [7, 11) is 0. The summed E-state index contributed by atoms with van der Waals surface area (Å²) < 4.78 is 15.8. The molecule has 6 nitrogen and oxygen atoms in total. The molecule has 126 valence electrons. The van der Waals surface area contributed by atoms with Gasteiger partial charge in [0.2, 0.25) is 0 Å². The lowest BCUT2D eigenvalue weighted by Gasteiger charge is -2.10. The van der Waals surface area contributed by atoms with E-state index in [1.807, 2.05) is 18.2 Å². The van der Waals surface area contributed by atoms with Crippen LogP contribution in [0.4, 0.5) is 0 Å². The van der Waals surface area contributed by atoms with E-state index in [2.05, 4.69) is 5.32 Å². The molecule has 1 aromatic carbocycles. The monoisotopic (exact) mass is 313 g/mol. The molecule has 1 saturated heterocycles. The lowest BCUT2D eigenvalue weighted by atomic mass is 10.3. The van der Waals surface area contributed by atoms with Gasteiger partial charge in [-0.15, -0.1) is 0 Å². The highest BCUT2D eigenvalue weighted by atomic mass is 16.5. The Morgan fingerprint density at radius 1 is 0.955 bits per heavy atom. The summed E-state index contributed by atoms with van der Waals surface area (Å²) in [6.07, 6.45) is 1.24. The van der Waals surface area contributed by atoms with Gasteiger partial charge in [0, 0.05) is 45.2 Å². The van der Waals surface area contributed by atoms with E-state index in [0.29, 0.717) is 26.1 Å². The molecule has 0 bridgehead atoms. The van der Waals surface area contributed by atoms with Crippen molar-refractivity contribution in [1.82, 2.24) is 5.32 Å². The third kappa shape index (κ3) is 9.57. The second-order valence-corrected chi connectivity index (χ2v) is 4.69. The van der Waals surface area contributed by atoms with Crippen LogP contribution in [0.15, 0.2) is 24.3 Å². The molecule has 1 fully saturated rings. The van der Waals surface area contributed by atoms with E-state index in [1.54, 1.807) is 6.07 Å². The molecule has 2 rings (SSSR count). The van der Waals surface area contributed by atoms with Crippen LogP contribution in [0.2, 0.25) is 0 Å². The first-order valence-electron chi connectivity index (χ1n) is 7.72. The van der Waals surface area contributed by atoms with Gasteiger partial charge >= 0.3 is 0 Å². The number of benzene rings is 1. The summed E-state index contributed by atoms with van der Waals surface area (Å²) in [4.78, 5) is 0. The molecule has 0 amide bonds. The summed E-state index contributed by atoms with van der Waals surface area (Å²) in [6.45, 7) is 5.09. The molecule has 0 aromatic heterocycles. The number of ether oxygens (including phenoxy) is 3. The SMILES string of the molecule is C1COCCN1.OCCCOc1cccc(OCCCO)c1. The van der Waals surface area contributed by atoms with Crippen molar-refractivity contribution >= 4 is 0 Å². The van der Waals surface area contributed by atoms with Gasteiger partial charge in [0.05, 0.1) is 26.4 Å². The number of hydrogen-bond acceptors (Lipinski definition) is 6. The minimum Gasteiger partial charge on any atom is -0.493 e. The molecule has 1 heterocycles. The van der Waals surface area contributed by atoms with E-state index in [0.717, 1.165) is 37.8 Å². The van der Waals surface area contributed by atoms with Crippen molar-refractivity contribution in [3.8, 4) is 11.5 Å². The molecule has 0 radical (unpaired) electrons. The fourth-order valence-electron chi connectivity index (χ4n) is 1.68. The first kappa shape index (κ1) is 18.7. The largest absolute Gasteiger partial charge is 0.493 e. The molecular weight excluding hydrogens is 286 g/mol. The fraction of sp³-hybridized carbons (Fsp3) is 0.625. The average Bonchev–Trinajstić information content (AvgIpc) is 2.58. The van der Waals surface area contributed by atoms with Crippen molar-refractivity contribution in [2.24, 2.45) is 0 Å². The summed E-state index contributed by atoms with van der Waals surface area (Å²) in [5.41, 5.74) is 0. The van der Waals surface area contributed by atoms with Crippen LogP contribution in [0.1, 0.15) is 12.8 Å². The molecule has 22 heavy (non-hydrogen) atoms. The Balaban J connectivity index is 0.000000335. The highest BCUT2D eigenvalue weighted by Crippen LogP contribution is 2.19. The predicted octanol–water partition coefficient (Wildman–Crippen LogP) is 0.815. The van der Waals surface area contributed by atoms with Crippen molar-refractivity contribution in [2.75, 3.05) is 52.7 Å². The van der Waals surface area contributed by atoms with E-state index in [1.165, 1.54) is 0 Å². The van der Waals surface area contributed by atoms with Crippen LogP contribution in [-0.2, 0) is 4.74 Å². The van der Waals surface area contributed by atoms with Crippen LogP contribution in [-0.4, -0.2) is 62.9 Å². The summed E-state index contributed by atoms with van der Waals surface area (Å²) >= 11 is 0. The minimum absolute atomic E-state index is 0.132. The number of aliphatic hydroxyl groups excluding tert-OH is 2. The summed E-state index contributed by atoms with van der Waals surface area (Å²) in [5, 5.41) is 20.4. The van der Waals surface area contributed by atoms with Gasteiger partial charge < -0.3 is 29.7 Å². The molecule has 0 atom stereocenters. The Morgan fingerprint density at radius 2 is 1.50 bits per heavy atom. The Hall–Kier alpha value is -1.34. The van der Waals surface area contributed by atoms with Crippen LogP contribution in [0.25, 0.3) is 0 Å². The van der Waals surface area contributed by atoms with Crippen LogP contribution in [0.5, 0.6) is 11.5 Å². The third-order valence-corrected chi connectivity index (χ3v) is 2.79. The van der Waals surface area contributed by atoms with Gasteiger partial charge in [-0.25, -0.2) is 0 Å². The summed E-state index contributed by atoms with van der Waals surface area (Å²) in [6, 6.07) is 7.34. The van der Waals surface area contributed by atoms with Crippen molar-refractivity contribution in [1.29, 1.82) is 0 Å². The topological polar surface area (TPSA) is 80.2 Å². The standard InChI is InChI=1S/C12H18O4.C4H9NO/c13-6-2-8-15-11-4-1-5-12(10-11)16-9-3-7-14;1-3-6-4-2-5-1/h1,4-5,10,13-14H,2-3,6-9H2;5H,1-4H2. The Morgan fingerprint density at radius 3 is 1.86 bits per heavy atom. The zero-order chi connectivity index (χ0) is 15.9. The third-order valence-electron chi connectivity index (χ3n) is 2.79. The van der Waals surface area contributed by atoms with E-state index in [9.17, 15) is 0 Å². The molecule has 1 aliphatic rings. The van der Waals surface area contributed by atoms with Crippen LogP contribution in [0, 0.1) is 0 Å². The lowest BCUT2D eigenvalue weighted by molar-refractivity contribution is 0.109. The minimum atomic E-state index is 0.132. The van der Waals surface area contributed by atoms with Gasteiger partial charge in [0.1, 0.15) is 11.5 Å². The molecule has 0 unspecified atom stereocenters. The molecule has 1 aromatic rings. The quantitative estimate of drug-likeness (QED) is 0.617. The van der Waals surface area contributed by atoms with Gasteiger partial charge in [-0.2, -0.15) is 0 Å². The Labute approximate surface area is 132 Å². The molecule has 0 aliphatic carbocycles. The van der Waals surface area contributed by atoms with Gasteiger partial charge in [0.25, 0.3) is 0 Å². The van der Waals surface area contributed by atoms with Crippen molar-refractivity contribution < 1.29 is 24.4 Å². The second kappa shape index (κ2) is 13.3. The highest BCUT2D eigenvalue weighted by Gasteiger charge is 1.97. The van der Waals surface area contributed by atoms with E-state index < -0.39 is 0 Å². The molecule has 6 heteroatoms. The van der Waals surface area contributed by atoms with Gasteiger partial charge in [-0.05, 0) is 12.1 Å². The maximum Gasteiger partial charge on any atom is 0.122 e. The number of nitrogens with one attached hydrogen (secondary N) is 1. The average molecular weight is 313 g/mol.